The molecule has 158 valence electrons. The van der Waals surface area contributed by atoms with E-state index in [0.717, 1.165) is 30.0 Å². The molecule has 0 fully saturated rings. The van der Waals surface area contributed by atoms with Gasteiger partial charge in [0.25, 0.3) is 11.5 Å². The van der Waals surface area contributed by atoms with Crippen molar-refractivity contribution in [3.05, 3.63) is 58.0 Å². The second-order valence-electron chi connectivity index (χ2n) is 6.70. The van der Waals surface area contributed by atoms with Crippen molar-refractivity contribution in [1.82, 2.24) is 10.0 Å². The number of sulfone groups is 1. The minimum atomic E-state index is -3.99. The molecule has 0 aliphatic heterocycles. The van der Waals surface area contributed by atoms with Crippen LogP contribution in [0.5, 0.6) is 0 Å². The van der Waals surface area contributed by atoms with Gasteiger partial charge in [-0.1, -0.05) is 18.2 Å². The summed E-state index contributed by atoms with van der Waals surface area (Å²) in [6.45, 7) is 0.112. The molecule has 1 aromatic heterocycles. The average Bonchev–Trinajstić information content (AvgIpc) is 2.66. The van der Waals surface area contributed by atoms with Crippen LogP contribution in [0.15, 0.2) is 35.3 Å². The van der Waals surface area contributed by atoms with Gasteiger partial charge in [-0.3, -0.25) is 14.8 Å². The minimum Gasteiger partial charge on any atom is -0.392 e. The van der Waals surface area contributed by atoms with Crippen molar-refractivity contribution in [3.63, 3.8) is 0 Å². The summed E-state index contributed by atoms with van der Waals surface area (Å²) in [6.07, 6.45) is 1.15. The van der Waals surface area contributed by atoms with E-state index in [1.165, 1.54) is 23.7 Å². The van der Waals surface area contributed by atoms with Crippen LogP contribution in [0.25, 0.3) is 11.1 Å². The Balaban J connectivity index is 2.43. The molecule has 11 heteroatoms. The van der Waals surface area contributed by atoms with E-state index in [4.69, 9.17) is 10.3 Å². The van der Waals surface area contributed by atoms with Crippen molar-refractivity contribution in [2.45, 2.75) is 31.2 Å². The minimum absolute atomic E-state index is 0.0648. The molecule has 0 radical (unpaired) electrons. The SMILES string of the molecule is CC(CCn1cc(F)c(-c2cccc(CO)c2F)cc1=O)(C(=O)NO)S(C)(=O)=O. The molecule has 1 aromatic carbocycles. The van der Waals surface area contributed by atoms with Crippen LogP contribution in [0.3, 0.4) is 0 Å². The number of benzene rings is 1. The fourth-order valence-corrected chi connectivity index (χ4v) is 3.60. The van der Waals surface area contributed by atoms with Crippen LogP contribution >= 0.6 is 0 Å². The molecule has 0 aliphatic rings. The zero-order valence-electron chi connectivity index (χ0n) is 15.6. The molecule has 0 aliphatic carbocycles. The molecule has 0 bridgehead atoms. The summed E-state index contributed by atoms with van der Waals surface area (Å²) in [6, 6.07) is 4.82. The first-order chi connectivity index (χ1) is 13.5. The molecule has 2 rings (SSSR count). The van der Waals surface area contributed by atoms with Crippen LogP contribution in [0.1, 0.15) is 18.9 Å². The first kappa shape index (κ1) is 22.7. The highest BCUT2D eigenvalue weighted by Crippen LogP contribution is 2.27. The number of hydroxylamine groups is 1. The number of nitrogens with one attached hydrogen (secondary N) is 1. The largest absolute Gasteiger partial charge is 0.392 e. The van der Waals surface area contributed by atoms with Crippen LogP contribution in [-0.2, 0) is 27.8 Å². The second-order valence-corrected chi connectivity index (χ2v) is 9.14. The van der Waals surface area contributed by atoms with Gasteiger partial charge in [-0.05, 0) is 13.3 Å². The average molecular weight is 430 g/mol. The third kappa shape index (κ3) is 4.36. The number of hydrogen-bond acceptors (Lipinski definition) is 6. The summed E-state index contributed by atoms with van der Waals surface area (Å²) in [5, 5.41) is 18.0. The maximum atomic E-state index is 14.6. The Labute approximate surface area is 165 Å². The number of aromatic nitrogens is 1. The third-order valence-electron chi connectivity index (χ3n) is 4.85. The zero-order chi connectivity index (χ0) is 22.0. The topological polar surface area (TPSA) is 126 Å². The van der Waals surface area contributed by atoms with Gasteiger partial charge in [-0.25, -0.2) is 22.7 Å². The predicted octanol–water partition coefficient (Wildman–Crippen LogP) is 0.985. The van der Waals surface area contributed by atoms with Crippen molar-refractivity contribution < 1.29 is 32.3 Å². The quantitative estimate of drug-likeness (QED) is 0.444. The van der Waals surface area contributed by atoms with Gasteiger partial charge < -0.3 is 9.67 Å². The first-order valence-electron chi connectivity index (χ1n) is 8.39. The van der Waals surface area contributed by atoms with Crippen molar-refractivity contribution >= 4 is 15.7 Å². The Morgan fingerprint density at radius 2 is 1.93 bits per heavy atom. The van der Waals surface area contributed by atoms with Gasteiger partial charge in [0.2, 0.25) is 0 Å². The number of aliphatic hydroxyl groups is 1. The molecular weight excluding hydrogens is 410 g/mol. The first-order valence-corrected chi connectivity index (χ1v) is 10.3. The number of rotatable bonds is 7. The number of carbonyl (C=O) groups is 1. The van der Waals surface area contributed by atoms with Crippen molar-refractivity contribution in [3.8, 4) is 11.1 Å². The lowest BCUT2D eigenvalue weighted by Crippen LogP contribution is -2.50. The highest BCUT2D eigenvalue weighted by Gasteiger charge is 2.43. The van der Waals surface area contributed by atoms with E-state index in [1.54, 1.807) is 0 Å². The summed E-state index contributed by atoms with van der Waals surface area (Å²) < 4.78 is 51.7. The van der Waals surface area contributed by atoms with E-state index < -0.39 is 50.7 Å². The molecular formula is C18H20F2N2O6S. The van der Waals surface area contributed by atoms with Crippen LogP contribution in [0.4, 0.5) is 8.78 Å². The monoisotopic (exact) mass is 430 g/mol. The molecule has 1 unspecified atom stereocenters. The summed E-state index contributed by atoms with van der Waals surface area (Å²) in [7, 11) is -3.99. The summed E-state index contributed by atoms with van der Waals surface area (Å²) in [4.78, 5) is 24.2. The number of halogens is 2. The standard InChI is InChI=1S/C18H20F2N2O6S/c1-18(17(25)21-26,29(2,27)28)6-7-22-9-14(19)13(8-15(22)24)12-5-3-4-11(10-23)16(12)20/h3-5,8-9,23,26H,6-7,10H2,1-2H3,(H,21,25). The zero-order valence-corrected chi connectivity index (χ0v) is 16.5. The van der Waals surface area contributed by atoms with E-state index >= 15 is 0 Å². The molecule has 29 heavy (non-hydrogen) atoms. The van der Waals surface area contributed by atoms with E-state index in [1.807, 2.05) is 0 Å². The molecule has 8 nitrogen and oxygen atoms in total. The van der Waals surface area contributed by atoms with E-state index in [-0.39, 0.29) is 23.2 Å². The number of aliphatic hydroxyl groups excluding tert-OH is 1. The number of carbonyl (C=O) groups excluding carboxylic acids is 1. The van der Waals surface area contributed by atoms with Crippen LogP contribution in [0, 0.1) is 11.6 Å². The molecule has 3 N–H and O–H groups in total. The van der Waals surface area contributed by atoms with Crippen molar-refractivity contribution in [2.75, 3.05) is 6.26 Å². The maximum absolute atomic E-state index is 14.6. The highest BCUT2D eigenvalue weighted by atomic mass is 32.2. The molecule has 0 saturated carbocycles. The Kier molecular flexibility index (Phi) is 6.56. The molecule has 0 saturated heterocycles. The smallest absolute Gasteiger partial charge is 0.264 e. The van der Waals surface area contributed by atoms with Gasteiger partial charge in [0.1, 0.15) is 11.6 Å². The molecule has 1 amide bonds. The van der Waals surface area contributed by atoms with Gasteiger partial charge in [-0.15, -0.1) is 0 Å². The lowest BCUT2D eigenvalue weighted by Gasteiger charge is -2.25. The predicted molar refractivity (Wildman–Crippen MR) is 99.8 cm³/mol. The molecule has 2 aromatic rings. The Morgan fingerprint density at radius 1 is 1.28 bits per heavy atom. The molecule has 1 heterocycles. The maximum Gasteiger partial charge on any atom is 0.264 e. The van der Waals surface area contributed by atoms with Crippen molar-refractivity contribution in [1.29, 1.82) is 0 Å². The highest BCUT2D eigenvalue weighted by molar-refractivity contribution is 7.92. The molecule has 0 spiro atoms. The lowest BCUT2D eigenvalue weighted by molar-refractivity contribution is -0.131. The van der Waals surface area contributed by atoms with E-state index in [2.05, 4.69) is 0 Å². The third-order valence-corrected chi connectivity index (χ3v) is 6.87. The van der Waals surface area contributed by atoms with E-state index in [0.29, 0.717) is 0 Å². The fourth-order valence-electron chi connectivity index (χ4n) is 2.76. The van der Waals surface area contributed by atoms with Crippen LogP contribution < -0.4 is 11.0 Å². The summed E-state index contributed by atoms with van der Waals surface area (Å²) in [5.74, 6) is -3.00. The summed E-state index contributed by atoms with van der Waals surface area (Å²) in [5.41, 5.74) is -0.0692. The van der Waals surface area contributed by atoms with Crippen molar-refractivity contribution in [2.24, 2.45) is 0 Å². The number of aryl methyl sites for hydroxylation is 1. The van der Waals surface area contributed by atoms with Crippen LogP contribution in [0.2, 0.25) is 0 Å². The van der Waals surface area contributed by atoms with Gasteiger partial charge in [0.15, 0.2) is 14.6 Å². The number of pyridine rings is 1. The van der Waals surface area contributed by atoms with E-state index in [9.17, 15) is 26.8 Å². The number of nitrogens with zero attached hydrogens (tertiary/aromatic N) is 1. The van der Waals surface area contributed by atoms with Gasteiger partial charge in [0.05, 0.1) is 6.61 Å². The Morgan fingerprint density at radius 3 is 2.48 bits per heavy atom. The van der Waals surface area contributed by atoms with Gasteiger partial charge >= 0.3 is 0 Å². The number of amides is 1. The normalized spacial score (nSPS) is 13.7. The summed E-state index contributed by atoms with van der Waals surface area (Å²) >= 11 is 0. The Bertz CT molecular complexity index is 1100. The second kappa shape index (κ2) is 8.39. The molecule has 1 atom stereocenters. The Hall–Kier alpha value is -2.63. The number of hydrogen-bond donors (Lipinski definition) is 3. The van der Waals surface area contributed by atoms with Gasteiger partial charge in [0, 0.05) is 41.8 Å². The lowest BCUT2D eigenvalue weighted by atomic mass is 10.0. The fraction of sp³-hybridized carbons (Fsp3) is 0.333. The van der Waals surface area contributed by atoms with Crippen LogP contribution in [-0.4, -0.2) is 40.2 Å². The van der Waals surface area contributed by atoms with Gasteiger partial charge in [-0.2, -0.15) is 0 Å².